The molecule has 0 radical (unpaired) electrons. The predicted molar refractivity (Wildman–Crippen MR) is 98.5 cm³/mol. The Bertz CT molecular complexity index is 625. The van der Waals surface area contributed by atoms with Crippen molar-refractivity contribution in [2.24, 2.45) is 5.92 Å². The van der Waals surface area contributed by atoms with Crippen molar-refractivity contribution in [2.75, 3.05) is 38.1 Å². The van der Waals surface area contributed by atoms with E-state index < -0.39 is 6.10 Å². The minimum Gasteiger partial charge on any atom is -0.387 e. The molecule has 6 heteroatoms. The van der Waals surface area contributed by atoms with Gasteiger partial charge in [0.25, 0.3) is 0 Å². The van der Waals surface area contributed by atoms with Crippen LogP contribution in [-0.4, -0.2) is 53.4 Å². The van der Waals surface area contributed by atoms with E-state index in [0.29, 0.717) is 5.92 Å². The molecule has 130 valence electrons. The van der Waals surface area contributed by atoms with E-state index in [4.69, 9.17) is 0 Å². The standard InChI is InChI=1S/C18H26N4OS/c1-14-19-20-18(24-14)21(2)12-15-8-10-22(11-9-15)13-17(23)16-6-4-3-5-7-16/h3-7,15,17,23H,8-13H2,1-2H3/t17-/m1/s1. The van der Waals surface area contributed by atoms with E-state index in [9.17, 15) is 5.11 Å². The maximum atomic E-state index is 10.4. The lowest BCUT2D eigenvalue weighted by Gasteiger charge is -2.34. The quantitative estimate of drug-likeness (QED) is 0.872. The molecule has 5 nitrogen and oxygen atoms in total. The first-order valence-corrected chi connectivity index (χ1v) is 9.40. The summed E-state index contributed by atoms with van der Waals surface area (Å²) in [5, 5.41) is 20.7. The molecule has 0 spiro atoms. The third-order valence-electron chi connectivity index (χ3n) is 4.70. The predicted octanol–water partition coefficient (Wildman–Crippen LogP) is 2.73. The molecule has 0 unspecified atom stereocenters. The Balaban J connectivity index is 1.44. The van der Waals surface area contributed by atoms with Crippen LogP contribution in [0.5, 0.6) is 0 Å². The highest BCUT2D eigenvalue weighted by molar-refractivity contribution is 7.15. The van der Waals surface area contributed by atoms with Crippen molar-refractivity contribution in [3.05, 3.63) is 40.9 Å². The molecule has 0 bridgehead atoms. The number of likely N-dealkylation sites (tertiary alicyclic amines) is 1. The molecule has 3 rings (SSSR count). The zero-order chi connectivity index (χ0) is 16.9. The summed E-state index contributed by atoms with van der Waals surface area (Å²) in [6.07, 6.45) is 1.95. The second kappa shape index (κ2) is 8.05. The molecule has 1 saturated heterocycles. The molecule has 0 saturated carbocycles. The molecule has 1 aliphatic rings. The molecule has 1 N–H and O–H groups in total. The van der Waals surface area contributed by atoms with Gasteiger partial charge in [-0.3, -0.25) is 0 Å². The van der Waals surface area contributed by atoms with Gasteiger partial charge in [0.15, 0.2) is 0 Å². The van der Waals surface area contributed by atoms with Gasteiger partial charge in [-0.05, 0) is 44.3 Å². The lowest BCUT2D eigenvalue weighted by atomic mass is 9.96. The largest absolute Gasteiger partial charge is 0.387 e. The van der Waals surface area contributed by atoms with Crippen LogP contribution in [0.4, 0.5) is 5.13 Å². The SMILES string of the molecule is Cc1nnc(N(C)CC2CCN(C[C@@H](O)c3ccccc3)CC2)s1. The average molecular weight is 347 g/mol. The Kier molecular flexibility index (Phi) is 5.81. The van der Waals surface area contributed by atoms with Crippen LogP contribution in [0.25, 0.3) is 0 Å². The fourth-order valence-corrected chi connectivity index (χ4v) is 3.94. The Labute approximate surface area is 147 Å². The first-order valence-electron chi connectivity index (χ1n) is 8.58. The first kappa shape index (κ1) is 17.3. The third kappa shape index (κ3) is 4.53. The molecule has 1 aromatic carbocycles. The molecule has 1 aliphatic heterocycles. The van der Waals surface area contributed by atoms with Crippen molar-refractivity contribution >= 4 is 16.5 Å². The number of aryl methyl sites for hydroxylation is 1. The lowest BCUT2D eigenvalue weighted by molar-refractivity contribution is 0.0902. The van der Waals surface area contributed by atoms with E-state index >= 15 is 0 Å². The second-order valence-corrected chi connectivity index (χ2v) is 7.81. The van der Waals surface area contributed by atoms with E-state index in [1.165, 1.54) is 12.8 Å². The summed E-state index contributed by atoms with van der Waals surface area (Å²) < 4.78 is 0. The topological polar surface area (TPSA) is 52.5 Å². The zero-order valence-corrected chi connectivity index (χ0v) is 15.2. The van der Waals surface area contributed by atoms with Crippen LogP contribution in [0.3, 0.4) is 0 Å². The Hall–Kier alpha value is -1.50. The molecule has 1 atom stereocenters. The van der Waals surface area contributed by atoms with Gasteiger partial charge >= 0.3 is 0 Å². The van der Waals surface area contributed by atoms with Crippen molar-refractivity contribution in [3.63, 3.8) is 0 Å². The van der Waals surface area contributed by atoms with E-state index in [2.05, 4.69) is 27.0 Å². The molecular formula is C18H26N4OS. The number of benzene rings is 1. The molecular weight excluding hydrogens is 320 g/mol. The number of nitrogens with zero attached hydrogens (tertiary/aromatic N) is 4. The number of anilines is 1. The second-order valence-electron chi connectivity index (χ2n) is 6.65. The van der Waals surface area contributed by atoms with Crippen LogP contribution in [0.15, 0.2) is 30.3 Å². The number of aromatic nitrogens is 2. The van der Waals surface area contributed by atoms with E-state index in [1.54, 1.807) is 11.3 Å². The highest BCUT2D eigenvalue weighted by atomic mass is 32.1. The Morgan fingerprint density at radius 2 is 1.96 bits per heavy atom. The first-order chi connectivity index (χ1) is 11.6. The number of aliphatic hydroxyl groups is 1. The van der Waals surface area contributed by atoms with Crippen LogP contribution >= 0.6 is 11.3 Å². The fourth-order valence-electron chi connectivity index (χ4n) is 3.28. The average Bonchev–Trinajstić information content (AvgIpc) is 3.04. The maximum Gasteiger partial charge on any atom is 0.208 e. The zero-order valence-electron chi connectivity index (χ0n) is 14.4. The van der Waals surface area contributed by atoms with Gasteiger partial charge in [0, 0.05) is 20.1 Å². The van der Waals surface area contributed by atoms with Gasteiger partial charge in [0.1, 0.15) is 5.01 Å². The van der Waals surface area contributed by atoms with Gasteiger partial charge in [0.05, 0.1) is 6.10 Å². The molecule has 0 amide bonds. The van der Waals surface area contributed by atoms with Crippen molar-refractivity contribution in [1.29, 1.82) is 0 Å². The number of aliphatic hydroxyl groups excluding tert-OH is 1. The van der Waals surface area contributed by atoms with Gasteiger partial charge in [-0.1, -0.05) is 41.7 Å². The Morgan fingerprint density at radius 1 is 1.25 bits per heavy atom. The van der Waals surface area contributed by atoms with Crippen LogP contribution in [0.2, 0.25) is 0 Å². The number of β-amino-alcohol motifs (C(OH)–C–C–N with tert-alkyl or cyclic N) is 1. The molecule has 24 heavy (non-hydrogen) atoms. The summed E-state index contributed by atoms with van der Waals surface area (Å²) in [7, 11) is 2.10. The van der Waals surface area contributed by atoms with Crippen LogP contribution < -0.4 is 4.90 Å². The van der Waals surface area contributed by atoms with Gasteiger partial charge in [-0.2, -0.15) is 0 Å². The molecule has 0 aliphatic carbocycles. The molecule has 1 aromatic heterocycles. The highest BCUT2D eigenvalue weighted by Crippen LogP contribution is 2.24. The van der Waals surface area contributed by atoms with Crippen molar-refractivity contribution in [2.45, 2.75) is 25.9 Å². The van der Waals surface area contributed by atoms with Crippen LogP contribution in [0.1, 0.15) is 29.5 Å². The fraction of sp³-hybridized carbons (Fsp3) is 0.556. The number of hydrogen-bond donors (Lipinski definition) is 1. The van der Waals surface area contributed by atoms with Gasteiger partial charge in [0.2, 0.25) is 5.13 Å². The molecule has 2 heterocycles. The Morgan fingerprint density at radius 3 is 2.58 bits per heavy atom. The van der Waals surface area contributed by atoms with Gasteiger partial charge in [-0.15, -0.1) is 10.2 Å². The van der Waals surface area contributed by atoms with E-state index in [1.807, 2.05) is 37.3 Å². The molecule has 1 fully saturated rings. The van der Waals surface area contributed by atoms with Gasteiger partial charge in [-0.25, -0.2) is 0 Å². The maximum absolute atomic E-state index is 10.4. The summed E-state index contributed by atoms with van der Waals surface area (Å²) >= 11 is 1.65. The highest BCUT2D eigenvalue weighted by Gasteiger charge is 2.23. The lowest BCUT2D eigenvalue weighted by Crippen LogP contribution is -2.39. The van der Waals surface area contributed by atoms with Crippen molar-refractivity contribution in [3.8, 4) is 0 Å². The normalized spacial score (nSPS) is 17.8. The summed E-state index contributed by atoms with van der Waals surface area (Å²) in [5.41, 5.74) is 1.01. The van der Waals surface area contributed by atoms with Crippen LogP contribution in [-0.2, 0) is 0 Å². The van der Waals surface area contributed by atoms with E-state index in [-0.39, 0.29) is 0 Å². The van der Waals surface area contributed by atoms with Crippen molar-refractivity contribution in [1.82, 2.24) is 15.1 Å². The summed E-state index contributed by atoms with van der Waals surface area (Å²) in [6, 6.07) is 9.94. The number of piperidine rings is 1. The van der Waals surface area contributed by atoms with Gasteiger partial charge < -0.3 is 14.9 Å². The third-order valence-corrected chi connectivity index (χ3v) is 5.65. The molecule has 2 aromatic rings. The minimum absolute atomic E-state index is 0.394. The van der Waals surface area contributed by atoms with E-state index in [0.717, 1.165) is 41.9 Å². The summed E-state index contributed by atoms with van der Waals surface area (Å²) in [6.45, 7) is 5.85. The monoisotopic (exact) mass is 346 g/mol. The van der Waals surface area contributed by atoms with Crippen molar-refractivity contribution < 1.29 is 5.11 Å². The minimum atomic E-state index is -0.394. The smallest absolute Gasteiger partial charge is 0.208 e. The number of hydrogen-bond acceptors (Lipinski definition) is 6. The van der Waals surface area contributed by atoms with Crippen LogP contribution in [0, 0.1) is 12.8 Å². The summed E-state index contributed by atoms with van der Waals surface area (Å²) in [5.74, 6) is 0.685. The summed E-state index contributed by atoms with van der Waals surface area (Å²) in [4.78, 5) is 4.60. The number of rotatable bonds is 6.